The lowest BCUT2D eigenvalue weighted by Crippen LogP contribution is -2.60. The number of hydrogen-bond donors (Lipinski definition) is 1. The molecule has 1 saturated heterocycles. The highest BCUT2D eigenvalue weighted by Gasteiger charge is 2.54. The molecule has 0 spiro atoms. The molecule has 2 atom stereocenters. The first kappa shape index (κ1) is 27.4. The minimum Gasteiger partial charge on any atom is -0.491 e. The Kier molecular flexibility index (Phi) is 7.97. The Balaban J connectivity index is 1.57. The third-order valence-electron chi connectivity index (χ3n) is 6.47. The summed E-state index contributed by atoms with van der Waals surface area (Å²) in [4.78, 5) is 41.5. The van der Waals surface area contributed by atoms with E-state index >= 15 is 0 Å². The summed E-state index contributed by atoms with van der Waals surface area (Å²) in [6.07, 6.45) is 0.131. The molecule has 4 rings (SSSR count). The summed E-state index contributed by atoms with van der Waals surface area (Å²) in [7, 11) is 1.64. The first-order chi connectivity index (χ1) is 18.0. The average Bonchev–Trinajstić information content (AvgIpc) is 3.10. The lowest BCUT2D eigenvalue weighted by Gasteiger charge is -2.40. The number of ether oxygens (including phenoxy) is 2. The van der Waals surface area contributed by atoms with Gasteiger partial charge in [-0.3, -0.25) is 9.59 Å². The minimum atomic E-state index is -1.05. The maximum Gasteiger partial charge on any atom is 0.408 e. The second kappa shape index (κ2) is 11.0. The van der Waals surface area contributed by atoms with E-state index in [9.17, 15) is 14.4 Å². The number of nitrogens with zero attached hydrogens (tertiary/aromatic N) is 3. The van der Waals surface area contributed by atoms with Gasteiger partial charge < -0.3 is 19.7 Å². The maximum absolute atomic E-state index is 13.8. The van der Waals surface area contributed by atoms with Crippen LogP contribution >= 0.6 is 11.6 Å². The number of hydrogen-bond acceptors (Lipinski definition) is 6. The normalized spacial score (nSPS) is 19.9. The fraction of sp³-hybridized carbons (Fsp3) is 0.429. The van der Waals surface area contributed by atoms with Gasteiger partial charge >= 0.3 is 6.09 Å². The molecule has 202 valence electrons. The number of rotatable bonds is 7. The van der Waals surface area contributed by atoms with Crippen LogP contribution in [0.4, 0.5) is 4.79 Å². The Morgan fingerprint density at radius 2 is 1.89 bits per heavy atom. The van der Waals surface area contributed by atoms with Gasteiger partial charge in [0.25, 0.3) is 5.91 Å². The Hall–Kier alpha value is -3.59. The smallest absolute Gasteiger partial charge is 0.408 e. The van der Waals surface area contributed by atoms with Crippen molar-refractivity contribution in [1.82, 2.24) is 15.2 Å². The van der Waals surface area contributed by atoms with Crippen molar-refractivity contribution in [3.05, 3.63) is 65.2 Å². The molecule has 9 nitrogen and oxygen atoms in total. The van der Waals surface area contributed by atoms with Gasteiger partial charge in [0.2, 0.25) is 5.91 Å². The summed E-state index contributed by atoms with van der Waals surface area (Å²) in [6, 6.07) is 15.4. The molecule has 10 heteroatoms. The van der Waals surface area contributed by atoms with Gasteiger partial charge in [-0.05, 0) is 51.0 Å². The van der Waals surface area contributed by atoms with E-state index in [1.54, 1.807) is 57.0 Å². The van der Waals surface area contributed by atoms with E-state index in [0.29, 0.717) is 30.2 Å². The molecule has 2 aliphatic heterocycles. The predicted molar refractivity (Wildman–Crippen MR) is 144 cm³/mol. The van der Waals surface area contributed by atoms with Crippen LogP contribution in [0.2, 0.25) is 5.02 Å². The summed E-state index contributed by atoms with van der Waals surface area (Å²) in [5, 5.41) is 9.02. The fourth-order valence-electron chi connectivity index (χ4n) is 4.80. The molecule has 2 aromatic carbocycles. The highest BCUT2D eigenvalue weighted by molar-refractivity contribution is 6.30. The highest BCUT2D eigenvalue weighted by Crippen LogP contribution is 2.38. The number of carbonyl (C=O) groups is 3. The van der Waals surface area contributed by atoms with Crippen LogP contribution < -0.4 is 10.1 Å². The third kappa shape index (κ3) is 6.27. The van der Waals surface area contributed by atoms with E-state index < -0.39 is 23.2 Å². The molecule has 3 amide bonds. The number of amides is 3. The van der Waals surface area contributed by atoms with E-state index in [1.807, 2.05) is 30.3 Å². The van der Waals surface area contributed by atoms with Crippen LogP contribution in [-0.2, 0) is 20.7 Å². The summed E-state index contributed by atoms with van der Waals surface area (Å²) in [6.45, 7) is 5.59. The molecular weight excluding hydrogens is 508 g/mol. The van der Waals surface area contributed by atoms with E-state index in [2.05, 4.69) is 10.4 Å². The molecule has 2 aliphatic rings. The summed E-state index contributed by atoms with van der Waals surface area (Å²) >= 11 is 6.07. The molecule has 0 bridgehead atoms. The van der Waals surface area contributed by atoms with Crippen molar-refractivity contribution in [2.24, 2.45) is 10.5 Å². The van der Waals surface area contributed by atoms with E-state index in [-0.39, 0.29) is 25.0 Å². The summed E-state index contributed by atoms with van der Waals surface area (Å²) in [5.41, 5.74) is 0.0345. The average molecular weight is 541 g/mol. The topological polar surface area (TPSA) is 101 Å². The first-order valence-corrected chi connectivity index (χ1v) is 12.9. The van der Waals surface area contributed by atoms with Crippen LogP contribution in [0, 0.1) is 5.41 Å². The largest absolute Gasteiger partial charge is 0.491 e. The molecular formula is C28H33ClN4O5. The van der Waals surface area contributed by atoms with Gasteiger partial charge in [-0.2, -0.15) is 5.10 Å². The van der Waals surface area contributed by atoms with Crippen molar-refractivity contribution >= 4 is 35.2 Å². The zero-order chi connectivity index (χ0) is 27.5. The first-order valence-electron chi connectivity index (χ1n) is 12.5. The standard InChI is InChI=1S/C28H33ClN4O5/c1-27(2,3)38-26(36)30-22(17-37-21-12-8-11-20(29)15-21)24(34)33-14-13-23-28(18-33,25(35)32(4)31-23)16-19-9-6-5-7-10-19/h5-12,15,22H,13-14,16-18H2,1-4H3,(H,30,36)/t22?,28-/m1/s1. The molecule has 0 aromatic heterocycles. The highest BCUT2D eigenvalue weighted by atomic mass is 35.5. The number of carbonyl (C=O) groups excluding carboxylic acids is 3. The van der Waals surface area contributed by atoms with Crippen LogP contribution in [0.3, 0.4) is 0 Å². The predicted octanol–water partition coefficient (Wildman–Crippen LogP) is 3.90. The number of nitrogens with one attached hydrogen (secondary N) is 1. The Labute approximate surface area is 227 Å². The van der Waals surface area contributed by atoms with Gasteiger partial charge in [-0.1, -0.05) is 48.0 Å². The number of likely N-dealkylation sites (tertiary alicyclic amines) is 1. The van der Waals surface area contributed by atoms with Crippen molar-refractivity contribution in [2.75, 3.05) is 26.7 Å². The van der Waals surface area contributed by atoms with Crippen molar-refractivity contribution in [2.45, 2.75) is 45.3 Å². The van der Waals surface area contributed by atoms with Crippen molar-refractivity contribution in [3.63, 3.8) is 0 Å². The molecule has 2 aromatic rings. The Morgan fingerprint density at radius 1 is 1.16 bits per heavy atom. The van der Waals surface area contributed by atoms with Crippen LogP contribution in [-0.4, -0.2) is 71.9 Å². The molecule has 1 unspecified atom stereocenters. The van der Waals surface area contributed by atoms with E-state index in [1.165, 1.54) is 5.01 Å². The van der Waals surface area contributed by atoms with Crippen LogP contribution in [0.15, 0.2) is 59.7 Å². The second-order valence-corrected chi connectivity index (χ2v) is 11.0. The number of hydrazone groups is 1. The van der Waals surface area contributed by atoms with Gasteiger partial charge in [0.15, 0.2) is 0 Å². The number of benzene rings is 2. The monoisotopic (exact) mass is 540 g/mol. The molecule has 38 heavy (non-hydrogen) atoms. The molecule has 0 radical (unpaired) electrons. The number of fused-ring (bicyclic) bond motifs is 1. The van der Waals surface area contributed by atoms with E-state index in [4.69, 9.17) is 21.1 Å². The second-order valence-electron chi connectivity index (χ2n) is 10.6. The fourth-order valence-corrected chi connectivity index (χ4v) is 4.98. The van der Waals surface area contributed by atoms with Gasteiger partial charge in [-0.25, -0.2) is 9.80 Å². The minimum absolute atomic E-state index is 0.143. The molecule has 0 saturated carbocycles. The van der Waals surface area contributed by atoms with Gasteiger partial charge in [0, 0.05) is 31.6 Å². The molecule has 0 aliphatic carbocycles. The SMILES string of the molecule is CN1N=C2CCN(C(=O)C(COc3cccc(Cl)c3)NC(=O)OC(C)(C)C)C[C@@]2(Cc2ccccc2)C1=O. The molecule has 2 heterocycles. The lowest BCUT2D eigenvalue weighted by molar-refractivity contribution is -0.141. The number of alkyl carbamates (subject to hydrolysis) is 1. The zero-order valence-electron chi connectivity index (χ0n) is 22.1. The third-order valence-corrected chi connectivity index (χ3v) is 6.70. The zero-order valence-corrected chi connectivity index (χ0v) is 22.8. The van der Waals surface area contributed by atoms with Gasteiger partial charge in [0.1, 0.15) is 29.4 Å². The Morgan fingerprint density at radius 3 is 2.58 bits per heavy atom. The van der Waals surface area contributed by atoms with Gasteiger partial charge in [-0.15, -0.1) is 0 Å². The quantitative estimate of drug-likeness (QED) is 0.574. The number of halogens is 1. The number of piperidine rings is 1. The van der Waals surface area contributed by atoms with Crippen LogP contribution in [0.25, 0.3) is 0 Å². The molecule has 1 N–H and O–H groups in total. The Bertz CT molecular complexity index is 1230. The summed E-state index contributed by atoms with van der Waals surface area (Å²) < 4.78 is 11.2. The van der Waals surface area contributed by atoms with Crippen molar-refractivity contribution < 1.29 is 23.9 Å². The van der Waals surface area contributed by atoms with Crippen LogP contribution in [0.5, 0.6) is 5.75 Å². The lowest BCUT2D eigenvalue weighted by atomic mass is 9.73. The van der Waals surface area contributed by atoms with Crippen molar-refractivity contribution in [3.8, 4) is 5.75 Å². The van der Waals surface area contributed by atoms with Crippen molar-refractivity contribution in [1.29, 1.82) is 0 Å². The van der Waals surface area contributed by atoms with Gasteiger partial charge in [0.05, 0.1) is 5.71 Å². The van der Waals surface area contributed by atoms with E-state index in [0.717, 1.165) is 11.3 Å². The molecule has 1 fully saturated rings. The summed E-state index contributed by atoms with van der Waals surface area (Å²) in [5.74, 6) is -0.0603. The maximum atomic E-state index is 13.8. The van der Waals surface area contributed by atoms with Crippen LogP contribution in [0.1, 0.15) is 32.8 Å².